The number of methoxy groups -OCH3 is 1. The van der Waals surface area contributed by atoms with Crippen LogP contribution in [-0.2, 0) is 22.6 Å². The van der Waals surface area contributed by atoms with E-state index < -0.39 is 0 Å². The summed E-state index contributed by atoms with van der Waals surface area (Å²) in [6.45, 7) is 6.96. The largest absolute Gasteiger partial charge is 0.497 e. The summed E-state index contributed by atoms with van der Waals surface area (Å²) in [4.78, 5) is 31.6. The smallest absolute Gasteiger partial charge is 0.247 e. The van der Waals surface area contributed by atoms with Crippen LogP contribution in [0.2, 0.25) is 0 Å². The van der Waals surface area contributed by atoms with Gasteiger partial charge < -0.3 is 4.74 Å². The Morgan fingerprint density at radius 1 is 0.968 bits per heavy atom. The lowest BCUT2D eigenvalue weighted by atomic mass is 10.1. The molecule has 0 bridgehead atoms. The van der Waals surface area contributed by atoms with Gasteiger partial charge in [-0.25, -0.2) is 0 Å². The third-order valence-corrected chi connectivity index (χ3v) is 6.34. The number of imide groups is 1. The molecule has 0 aliphatic carbocycles. The average molecular weight is 422 g/mol. The number of rotatable bonds is 7. The monoisotopic (exact) mass is 421 g/mol. The first-order valence-electron chi connectivity index (χ1n) is 11.0. The Hall–Kier alpha value is -2.70. The van der Waals surface area contributed by atoms with Crippen LogP contribution >= 0.6 is 0 Å². The number of hydrogen-bond donors (Lipinski definition) is 0. The molecular formula is C25H31N3O3. The molecule has 164 valence electrons. The zero-order valence-electron chi connectivity index (χ0n) is 18.4. The maximum Gasteiger partial charge on any atom is 0.247 e. The van der Waals surface area contributed by atoms with Gasteiger partial charge in [-0.15, -0.1) is 0 Å². The molecule has 2 saturated heterocycles. The fourth-order valence-corrected chi connectivity index (χ4v) is 4.52. The predicted octanol–water partition coefficient (Wildman–Crippen LogP) is 2.49. The Labute approximate surface area is 184 Å². The number of aryl methyl sites for hydroxylation is 1. The summed E-state index contributed by atoms with van der Waals surface area (Å²) >= 11 is 0. The molecule has 6 nitrogen and oxygen atoms in total. The molecule has 0 saturated carbocycles. The van der Waals surface area contributed by atoms with Gasteiger partial charge in [0.15, 0.2) is 0 Å². The number of ether oxygens (including phenoxy) is 1. The number of carbonyl (C=O) groups excluding carboxylic acids is 2. The van der Waals surface area contributed by atoms with E-state index in [-0.39, 0.29) is 17.9 Å². The van der Waals surface area contributed by atoms with Gasteiger partial charge >= 0.3 is 0 Å². The Balaban J connectivity index is 1.28. The van der Waals surface area contributed by atoms with E-state index in [4.69, 9.17) is 4.74 Å². The van der Waals surface area contributed by atoms with Crippen LogP contribution in [0.25, 0.3) is 0 Å². The summed E-state index contributed by atoms with van der Waals surface area (Å²) in [6.07, 6.45) is 0.970. The molecule has 2 aliphatic rings. The van der Waals surface area contributed by atoms with Crippen molar-refractivity contribution >= 4 is 11.8 Å². The van der Waals surface area contributed by atoms with E-state index in [1.54, 1.807) is 7.11 Å². The van der Waals surface area contributed by atoms with Crippen LogP contribution in [0.3, 0.4) is 0 Å². The Morgan fingerprint density at radius 2 is 1.71 bits per heavy atom. The standard InChI is InChI=1S/C25H31N3O3/c1-19-4-3-5-21(16-19)18-26-12-14-27(15-13-26)23-17-24(29)28(25(23)30)11-10-20-6-8-22(31-2)9-7-20/h3-9,16,23H,10-15,17-18H2,1-2H3/t23-/m1/s1. The van der Waals surface area contributed by atoms with Crippen LogP contribution in [0.5, 0.6) is 5.75 Å². The van der Waals surface area contributed by atoms with E-state index in [9.17, 15) is 9.59 Å². The number of likely N-dealkylation sites (tertiary alicyclic amines) is 1. The van der Waals surface area contributed by atoms with Crippen molar-refractivity contribution in [1.82, 2.24) is 14.7 Å². The molecule has 6 heteroatoms. The molecule has 0 unspecified atom stereocenters. The maximum atomic E-state index is 13.0. The van der Waals surface area contributed by atoms with Gasteiger partial charge in [0.25, 0.3) is 0 Å². The van der Waals surface area contributed by atoms with Crippen molar-refractivity contribution in [2.24, 2.45) is 0 Å². The minimum Gasteiger partial charge on any atom is -0.497 e. The van der Waals surface area contributed by atoms with Gasteiger partial charge in [0.1, 0.15) is 5.75 Å². The van der Waals surface area contributed by atoms with Crippen molar-refractivity contribution in [3.05, 3.63) is 65.2 Å². The van der Waals surface area contributed by atoms with Crippen molar-refractivity contribution in [3.8, 4) is 5.75 Å². The van der Waals surface area contributed by atoms with Crippen molar-refractivity contribution in [1.29, 1.82) is 0 Å². The molecule has 2 aromatic rings. The highest BCUT2D eigenvalue weighted by atomic mass is 16.5. The van der Waals surface area contributed by atoms with E-state index in [0.29, 0.717) is 19.4 Å². The van der Waals surface area contributed by atoms with Gasteiger partial charge in [0.2, 0.25) is 11.8 Å². The lowest BCUT2D eigenvalue weighted by molar-refractivity contribution is -0.139. The number of amides is 2. The summed E-state index contributed by atoms with van der Waals surface area (Å²) < 4.78 is 5.18. The number of nitrogens with zero attached hydrogens (tertiary/aromatic N) is 3. The summed E-state index contributed by atoms with van der Waals surface area (Å²) in [5.41, 5.74) is 3.70. The first-order valence-corrected chi connectivity index (χ1v) is 11.0. The minimum absolute atomic E-state index is 0.0364. The highest BCUT2D eigenvalue weighted by Crippen LogP contribution is 2.22. The van der Waals surface area contributed by atoms with Gasteiger partial charge in [0, 0.05) is 39.3 Å². The first kappa shape index (κ1) is 21.5. The maximum absolute atomic E-state index is 13.0. The van der Waals surface area contributed by atoms with E-state index in [0.717, 1.165) is 44.0 Å². The van der Waals surface area contributed by atoms with E-state index >= 15 is 0 Å². The SMILES string of the molecule is COc1ccc(CCN2C(=O)C[C@@H](N3CCN(Cc4cccc(C)c4)CC3)C2=O)cc1. The molecule has 2 fully saturated rings. The molecule has 2 amide bonds. The second-order valence-electron chi connectivity index (χ2n) is 8.50. The summed E-state index contributed by atoms with van der Waals surface area (Å²) in [5, 5.41) is 0. The molecule has 31 heavy (non-hydrogen) atoms. The third kappa shape index (κ3) is 5.14. The summed E-state index contributed by atoms with van der Waals surface area (Å²) in [6, 6.07) is 16.1. The van der Waals surface area contributed by atoms with Crippen molar-refractivity contribution in [2.75, 3.05) is 39.8 Å². The van der Waals surface area contributed by atoms with Crippen LogP contribution in [0, 0.1) is 6.92 Å². The second-order valence-corrected chi connectivity index (χ2v) is 8.50. The molecule has 0 spiro atoms. The lowest BCUT2D eigenvalue weighted by Gasteiger charge is -2.37. The van der Waals surface area contributed by atoms with Gasteiger partial charge in [-0.3, -0.25) is 24.3 Å². The molecule has 2 aliphatic heterocycles. The molecule has 0 aromatic heterocycles. The topological polar surface area (TPSA) is 53.1 Å². The first-order chi connectivity index (χ1) is 15.0. The fraction of sp³-hybridized carbons (Fsp3) is 0.440. The molecule has 0 radical (unpaired) electrons. The van der Waals surface area contributed by atoms with Gasteiger partial charge in [-0.05, 0) is 36.6 Å². The Bertz CT molecular complexity index is 920. The van der Waals surface area contributed by atoms with Crippen LogP contribution in [0.15, 0.2) is 48.5 Å². The van der Waals surface area contributed by atoms with E-state index in [1.807, 2.05) is 24.3 Å². The van der Waals surface area contributed by atoms with Crippen LogP contribution < -0.4 is 4.74 Å². The van der Waals surface area contributed by atoms with E-state index in [1.165, 1.54) is 16.0 Å². The molecule has 1 atom stereocenters. The predicted molar refractivity (Wildman–Crippen MR) is 120 cm³/mol. The normalized spacial score (nSPS) is 20.5. The van der Waals surface area contributed by atoms with Crippen LogP contribution in [0.1, 0.15) is 23.1 Å². The quantitative estimate of drug-likeness (QED) is 0.643. The molecule has 4 rings (SSSR count). The van der Waals surface area contributed by atoms with Crippen molar-refractivity contribution in [2.45, 2.75) is 32.4 Å². The van der Waals surface area contributed by atoms with Crippen molar-refractivity contribution in [3.63, 3.8) is 0 Å². The van der Waals surface area contributed by atoms with Gasteiger partial charge in [0.05, 0.1) is 19.6 Å². The number of piperazine rings is 1. The number of hydrogen-bond acceptors (Lipinski definition) is 5. The zero-order chi connectivity index (χ0) is 21.8. The van der Waals surface area contributed by atoms with Crippen LogP contribution in [-0.4, -0.2) is 72.4 Å². The lowest BCUT2D eigenvalue weighted by Crippen LogP contribution is -2.52. The fourth-order valence-electron chi connectivity index (χ4n) is 4.52. The highest BCUT2D eigenvalue weighted by molar-refractivity contribution is 6.05. The highest BCUT2D eigenvalue weighted by Gasteiger charge is 2.42. The number of carbonyl (C=O) groups is 2. The molecule has 2 aromatic carbocycles. The molecular weight excluding hydrogens is 390 g/mol. The van der Waals surface area contributed by atoms with Crippen molar-refractivity contribution < 1.29 is 14.3 Å². The summed E-state index contributed by atoms with van der Waals surface area (Å²) in [5.74, 6) is 0.718. The average Bonchev–Trinajstić information content (AvgIpc) is 3.06. The number of benzene rings is 2. The van der Waals surface area contributed by atoms with Gasteiger partial charge in [-0.2, -0.15) is 0 Å². The van der Waals surface area contributed by atoms with Gasteiger partial charge in [-0.1, -0.05) is 42.0 Å². The molecule has 2 heterocycles. The minimum atomic E-state index is -0.301. The van der Waals surface area contributed by atoms with E-state index in [2.05, 4.69) is 41.0 Å². The van der Waals surface area contributed by atoms with Crippen LogP contribution in [0.4, 0.5) is 0 Å². The third-order valence-electron chi connectivity index (χ3n) is 6.34. The zero-order valence-corrected chi connectivity index (χ0v) is 18.4. The molecule has 0 N–H and O–H groups in total. The summed E-state index contributed by atoms with van der Waals surface area (Å²) in [7, 11) is 1.64. The Morgan fingerprint density at radius 3 is 2.39 bits per heavy atom. The second kappa shape index (κ2) is 9.62. The Kier molecular flexibility index (Phi) is 6.68.